The van der Waals surface area contributed by atoms with Gasteiger partial charge in [0, 0.05) is 12.1 Å². The zero-order valence-corrected chi connectivity index (χ0v) is 12.2. The summed E-state index contributed by atoms with van der Waals surface area (Å²) in [5, 5.41) is 9.93. The van der Waals surface area contributed by atoms with Gasteiger partial charge in [-0.2, -0.15) is 0 Å². The average molecular weight is 306 g/mol. The summed E-state index contributed by atoms with van der Waals surface area (Å²) >= 11 is 1.58. The number of carboxylic acids is 1. The van der Waals surface area contributed by atoms with Crippen LogP contribution in [0.5, 0.6) is 0 Å². The lowest BCUT2D eigenvalue weighted by atomic mass is 10.1. The number of aliphatic carboxylic acids is 1. The van der Waals surface area contributed by atoms with Crippen LogP contribution in [0.25, 0.3) is 10.2 Å². The molecule has 0 radical (unpaired) electrons. The van der Waals surface area contributed by atoms with Crippen LogP contribution in [0.1, 0.15) is 15.4 Å². The highest BCUT2D eigenvalue weighted by Crippen LogP contribution is 2.23. The fourth-order valence-corrected chi connectivity index (χ4v) is 3.15. The van der Waals surface area contributed by atoms with E-state index in [1.807, 2.05) is 13.0 Å². The minimum absolute atomic E-state index is 0.0717. The molecule has 0 aliphatic carbocycles. The smallest absolute Gasteiger partial charge is 0.334 e. The third-order valence-electron chi connectivity index (χ3n) is 3.37. The number of benzene rings is 1. The number of carbonyl (C=O) groups excluding carboxylic acids is 1. The molecule has 6 nitrogen and oxygen atoms in total. The summed E-state index contributed by atoms with van der Waals surface area (Å²) in [5.41, 5.74) is 1.32. The Morgan fingerprint density at radius 2 is 2.29 bits per heavy atom. The van der Waals surface area contributed by atoms with Crippen molar-refractivity contribution in [3.05, 3.63) is 28.8 Å². The van der Waals surface area contributed by atoms with Gasteiger partial charge in [-0.25, -0.2) is 9.78 Å². The Kier molecular flexibility index (Phi) is 3.60. The van der Waals surface area contributed by atoms with Crippen LogP contribution in [0.4, 0.5) is 0 Å². The molecule has 3 rings (SSSR count). The third-order valence-corrected chi connectivity index (χ3v) is 4.32. The molecule has 1 amide bonds. The van der Waals surface area contributed by atoms with Crippen molar-refractivity contribution in [1.29, 1.82) is 0 Å². The number of rotatable bonds is 2. The fourth-order valence-electron chi connectivity index (χ4n) is 2.34. The maximum Gasteiger partial charge on any atom is 0.334 e. The van der Waals surface area contributed by atoms with Gasteiger partial charge in [-0.1, -0.05) is 0 Å². The Morgan fingerprint density at radius 1 is 1.48 bits per heavy atom. The number of amides is 1. The maximum absolute atomic E-state index is 12.5. The Labute approximate surface area is 125 Å². The van der Waals surface area contributed by atoms with Gasteiger partial charge in [0.15, 0.2) is 6.10 Å². The van der Waals surface area contributed by atoms with Crippen molar-refractivity contribution in [3.8, 4) is 0 Å². The molecular formula is C14H14N2O4S. The summed E-state index contributed by atoms with van der Waals surface area (Å²) < 4.78 is 6.16. The van der Waals surface area contributed by atoms with Crippen molar-refractivity contribution in [1.82, 2.24) is 9.88 Å². The number of aryl methyl sites for hydroxylation is 1. The molecule has 1 aliphatic heterocycles. The number of carboxylic acid groups (broad SMARTS) is 1. The summed E-state index contributed by atoms with van der Waals surface area (Å²) in [7, 11) is 0. The number of nitrogens with zero attached hydrogens (tertiary/aromatic N) is 2. The first-order valence-corrected chi connectivity index (χ1v) is 7.37. The molecule has 0 saturated carbocycles. The molecule has 1 N–H and O–H groups in total. The molecule has 1 atom stereocenters. The topological polar surface area (TPSA) is 79.7 Å². The van der Waals surface area contributed by atoms with Crippen LogP contribution >= 0.6 is 11.3 Å². The van der Waals surface area contributed by atoms with Crippen LogP contribution in [0.2, 0.25) is 0 Å². The van der Waals surface area contributed by atoms with E-state index in [2.05, 4.69) is 4.98 Å². The second kappa shape index (κ2) is 5.42. The SMILES string of the molecule is Cc1nc2cc(C(=O)N3CCO[C@@H](C(=O)O)C3)ccc2s1. The number of ether oxygens (including phenoxy) is 1. The summed E-state index contributed by atoms with van der Waals surface area (Å²) in [4.78, 5) is 29.3. The number of morpholine rings is 1. The standard InChI is InChI=1S/C14H14N2O4S/c1-8-15-10-6-9(2-3-12(10)21-8)13(17)16-4-5-20-11(7-16)14(18)19/h2-3,6,11H,4-5,7H2,1H3,(H,18,19)/t11-/m1/s1. The van der Waals surface area contributed by atoms with Gasteiger partial charge in [-0.15, -0.1) is 11.3 Å². The number of fused-ring (bicyclic) bond motifs is 1. The normalized spacial score (nSPS) is 18.9. The Balaban J connectivity index is 1.84. The molecule has 2 heterocycles. The van der Waals surface area contributed by atoms with E-state index in [4.69, 9.17) is 9.84 Å². The lowest BCUT2D eigenvalue weighted by molar-refractivity contribution is -0.154. The quantitative estimate of drug-likeness (QED) is 0.910. The van der Waals surface area contributed by atoms with Crippen molar-refractivity contribution in [3.63, 3.8) is 0 Å². The summed E-state index contributed by atoms with van der Waals surface area (Å²) in [6, 6.07) is 5.39. The van der Waals surface area contributed by atoms with Crippen LogP contribution in [0, 0.1) is 6.92 Å². The largest absolute Gasteiger partial charge is 0.479 e. The first-order valence-electron chi connectivity index (χ1n) is 6.55. The number of aromatic nitrogens is 1. The van der Waals surface area contributed by atoms with Gasteiger partial charge < -0.3 is 14.7 Å². The fraction of sp³-hybridized carbons (Fsp3) is 0.357. The van der Waals surface area contributed by atoms with Gasteiger partial charge in [0.25, 0.3) is 5.91 Å². The molecular weight excluding hydrogens is 292 g/mol. The Bertz CT molecular complexity index is 712. The zero-order valence-electron chi connectivity index (χ0n) is 11.4. The lowest BCUT2D eigenvalue weighted by Crippen LogP contribution is -2.48. The molecule has 0 unspecified atom stereocenters. The summed E-state index contributed by atoms with van der Waals surface area (Å²) in [6.45, 7) is 2.63. The van der Waals surface area contributed by atoms with Gasteiger partial charge in [0.2, 0.25) is 0 Å². The summed E-state index contributed by atoms with van der Waals surface area (Å²) in [5.74, 6) is -1.23. The van der Waals surface area contributed by atoms with E-state index in [1.54, 1.807) is 23.5 Å². The number of thiazole rings is 1. The molecule has 1 fully saturated rings. The van der Waals surface area contributed by atoms with E-state index >= 15 is 0 Å². The highest BCUT2D eigenvalue weighted by molar-refractivity contribution is 7.18. The van der Waals surface area contributed by atoms with E-state index < -0.39 is 12.1 Å². The predicted molar refractivity (Wildman–Crippen MR) is 77.6 cm³/mol. The number of hydrogen-bond acceptors (Lipinski definition) is 5. The Hall–Kier alpha value is -1.99. The first kappa shape index (κ1) is 14.0. The Morgan fingerprint density at radius 3 is 3.05 bits per heavy atom. The van der Waals surface area contributed by atoms with Gasteiger partial charge in [0.1, 0.15) is 0 Å². The summed E-state index contributed by atoms with van der Waals surface area (Å²) in [6.07, 6.45) is -0.951. The van der Waals surface area contributed by atoms with Crippen molar-refractivity contribution in [2.24, 2.45) is 0 Å². The van der Waals surface area contributed by atoms with Crippen molar-refractivity contribution < 1.29 is 19.4 Å². The van der Waals surface area contributed by atoms with Crippen LogP contribution in [-0.4, -0.2) is 52.7 Å². The molecule has 110 valence electrons. The van der Waals surface area contributed by atoms with Gasteiger partial charge in [-0.3, -0.25) is 4.79 Å². The molecule has 0 bridgehead atoms. The van der Waals surface area contributed by atoms with Crippen LogP contribution < -0.4 is 0 Å². The monoisotopic (exact) mass is 306 g/mol. The van der Waals surface area contributed by atoms with E-state index in [-0.39, 0.29) is 19.1 Å². The molecule has 0 spiro atoms. The second-order valence-corrected chi connectivity index (χ2v) is 6.10. The molecule has 1 aromatic carbocycles. The molecule has 1 saturated heterocycles. The highest BCUT2D eigenvalue weighted by Gasteiger charge is 2.29. The number of carbonyl (C=O) groups is 2. The van der Waals surface area contributed by atoms with Gasteiger partial charge in [-0.05, 0) is 25.1 Å². The van der Waals surface area contributed by atoms with Crippen LogP contribution in [-0.2, 0) is 9.53 Å². The van der Waals surface area contributed by atoms with Crippen LogP contribution in [0.3, 0.4) is 0 Å². The van der Waals surface area contributed by atoms with Crippen molar-refractivity contribution in [2.75, 3.05) is 19.7 Å². The molecule has 1 aliphatic rings. The van der Waals surface area contributed by atoms with E-state index in [9.17, 15) is 9.59 Å². The molecule has 7 heteroatoms. The van der Waals surface area contributed by atoms with E-state index in [0.29, 0.717) is 12.1 Å². The van der Waals surface area contributed by atoms with E-state index in [1.165, 1.54) is 4.90 Å². The maximum atomic E-state index is 12.5. The molecule has 21 heavy (non-hydrogen) atoms. The minimum atomic E-state index is -1.04. The van der Waals surface area contributed by atoms with Gasteiger partial charge in [0.05, 0.1) is 28.4 Å². The van der Waals surface area contributed by atoms with Crippen LogP contribution in [0.15, 0.2) is 18.2 Å². The van der Waals surface area contributed by atoms with Crippen molar-refractivity contribution >= 4 is 33.4 Å². The third kappa shape index (κ3) is 2.74. The predicted octanol–water partition coefficient (Wildman–Crippen LogP) is 1.53. The van der Waals surface area contributed by atoms with E-state index in [0.717, 1.165) is 15.2 Å². The molecule has 2 aromatic rings. The first-order chi connectivity index (χ1) is 10.0. The number of hydrogen-bond donors (Lipinski definition) is 1. The minimum Gasteiger partial charge on any atom is -0.479 e. The second-order valence-electron chi connectivity index (χ2n) is 4.86. The average Bonchev–Trinajstić information content (AvgIpc) is 2.85. The molecule has 1 aromatic heterocycles. The lowest BCUT2D eigenvalue weighted by Gasteiger charge is -2.30. The van der Waals surface area contributed by atoms with Gasteiger partial charge >= 0.3 is 5.97 Å². The van der Waals surface area contributed by atoms with Crippen molar-refractivity contribution in [2.45, 2.75) is 13.0 Å². The highest BCUT2D eigenvalue weighted by atomic mass is 32.1. The zero-order chi connectivity index (χ0) is 15.0.